The van der Waals surface area contributed by atoms with Crippen LogP contribution in [0.1, 0.15) is 90.2 Å². The summed E-state index contributed by atoms with van der Waals surface area (Å²) in [5, 5.41) is 9.06. The van der Waals surface area contributed by atoms with Crippen LogP contribution in [0, 0.1) is 11.3 Å². The minimum atomic E-state index is -4.33. The topological polar surface area (TPSA) is 68.2 Å². The van der Waals surface area contributed by atoms with E-state index in [1.807, 2.05) is 41.3 Å². The molecule has 1 saturated carbocycles. The fraction of sp³-hybridized carbons (Fsp3) is 0.639. The van der Waals surface area contributed by atoms with Gasteiger partial charge in [-0.15, -0.1) is 0 Å². The minimum Gasteiger partial charge on any atom is -0.497 e. The number of rotatable bonds is 13. The third kappa shape index (κ3) is 9.61. The number of benzene rings is 2. The number of nitrogens with zero attached hydrogens (tertiary/aromatic N) is 1. The van der Waals surface area contributed by atoms with Crippen molar-refractivity contribution in [1.82, 2.24) is 4.90 Å². The molecule has 4 rings (SSSR count). The fourth-order valence-corrected chi connectivity index (χ4v) is 7.09. The Morgan fingerprint density at radius 1 is 1.00 bits per heavy atom. The Kier molecular flexibility index (Phi) is 11.2. The van der Waals surface area contributed by atoms with Crippen LogP contribution in [-0.2, 0) is 21.5 Å². The molecule has 9 heteroatoms. The average Bonchev–Trinajstić information content (AvgIpc) is 2.96. The lowest BCUT2D eigenvalue weighted by Gasteiger charge is -2.46. The molecule has 0 bridgehead atoms. The Balaban J connectivity index is 1.48. The van der Waals surface area contributed by atoms with Crippen LogP contribution in [0.2, 0.25) is 0 Å². The Labute approximate surface area is 266 Å². The molecule has 0 amide bonds. The average molecular weight is 634 g/mol. The monoisotopic (exact) mass is 633 g/mol. The highest BCUT2D eigenvalue weighted by atomic mass is 19.4. The van der Waals surface area contributed by atoms with Crippen molar-refractivity contribution < 1.29 is 37.3 Å². The molecule has 1 atom stereocenters. The number of carboxylic acids is 1. The van der Waals surface area contributed by atoms with E-state index < -0.39 is 17.6 Å². The van der Waals surface area contributed by atoms with Crippen molar-refractivity contribution in [1.29, 1.82) is 0 Å². The summed E-state index contributed by atoms with van der Waals surface area (Å²) in [4.78, 5) is 13.0. The molecule has 0 spiro atoms. The summed E-state index contributed by atoms with van der Waals surface area (Å²) in [5.41, 5.74) is -0.378. The third-order valence-corrected chi connectivity index (χ3v) is 9.72. The van der Waals surface area contributed by atoms with Gasteiger partial charge in [-0.2, -0.15) is 13.2 Å². The number of hydrogen-bond donors (Lipinski definition) is 1. The van der Waals surface area contributed by atoms with Crippen LogP contribution in [0.25, 0.3) is 0 Å². The normalized spacial score (nSPS) is 23.9. The SMILES string of the molecule is COc1ccc([C@]2(CCN(Cc3ccc(OC4CCC(CC(=O)O)CC4)cc3)CC(C)(C)C(F)(F)F)CCOC(C)(C)C2)cc1. The van der Waals surface area contributed by atoms with E-state index in [0.717, 1.165) is 61.2 Å². The van der Waals surface area contributed by atoms with Gasteiger partial charge in [0.1, 0.15) is 11.5 Å². The molecule has 1 saturated heterocycles. The molecule has 6 nitrogen and oxygen atoms in total. The largest absolute Gasteiger partial charge is 0.497 e. The van der Waals surface area contributed by atoms with E-state index in [0.29, 0.717) is 26.1 Å². The molecule has 0 unspecified atom stereocenters. The maximum atomic E-state index is 14.1. The first-order valence-electron chi connectivity index (χ1n) is 16.1. The van der Waals surface area contributed by atoms with E-state index in [2.05, 4.69) is 26.0 Å². The number of methoxy groups -OCH3 is 1. The number of alkyl halides is 3. The summed E-state index contributed by atoms with van der Waals surface area (Å²) in [6, 6.07) is 15.7. The van der Waals surface area contributed by atoms with Crippen molar-refractivity contribution in [3.05, 3.63) is 59.7 Å². The van der Waals surface area contributed by atoms with Crippen molar-refractivity contribution in [2.75, 3.05) is 26.8 Å². The van der Waals surface area contributed by atoms with Crippen LogP contribution in [0.3, 0.4) is 0 Å². The van der Waals surface area contributed by atoms with E-state index in [-0.39, 0.29) is 36.0 Å². The number of carboxylic acid groups (broad SMARTS) is 1. The van der Waals surface area contributed by atoms with Gasteiger partial charge in [-0.25, -0.2) is 0 Å². The Morgan fingerprint density at radius 2 is 1.62 bits per heavy atom. The van der Waals surface area contributed by atoms with Crippen LogP contribution in [-0.4, -0.2) is 60.7 Å². The van der Waals surface area contributed by atoms with Crippen LogP contribution in [0.4, 0.5) is 13.2 Å². The van der Waals surface area contributed by atoms with Gasteiger partial charge in [0.2, 0.25) is 0 Å². The standard InChI is InChI=1S/C36H50F3NO5/c1-33(2,36(37,38)39)25-40(20-18-35(19-21-44-34(3,4)24-35)28-10-16-29(43-5)17-11-28)23-27-8-14-31(15-9-27)45-30-12-6-26(7-13-30)22-32(41)42/h8-11,14-17,26,30H,6-7,12-13,18-25H2,1-5H3,(H,41,42)/t26?,30?,35-/m1/s1. The van der Waals surface area contributed by atoms with Gasteiger partial charge in [-0.05, 0) is 120 Å². The van der Waals surface area contributed by atoms with Gasteiger partial charge >= 0.3 is 12.1 Å². The number of hydrogen-bond acceptors (Lipinski definition) is 5. The highest BCUT2D eigenvalue weighted by Gasteiger charge is 2.48. The van der Waals surface area contributed by atoms with E-state index in [1.54, 1.807) is 7.11 Å². The van der Waals surface area contributed by atoms with Gasteiger partial charge < -0.3 is 19.3 Å². The zero-order chi connectivity index (χ0) is 32.9. The van der Waals surface area contributed by atoms with Crippen molar-refractivity contribution in [2.45, 2.75) is 109 Å². The molecule has 2 aromatic carbocycles. The van der Waals surface area contributed by atoms with Crippen LogP contribution >= 0.6 is 0 Å². The van der Waals surface area contributed by atoms with Crippen LogP contribution in [0.5, 0.6) is 11.5 Å². The maximum Gasteiger partial charge on any atom is 0.395 e. The second kappa shape index (κ2) is 14.3. The predicted octanol–water partition coefficient (Wildman–Crippen LogP) is 8.42. The molecule has 1 aliphatic heterocycles. The third-order valence-electron chi connectivity index (χ3n) is 9.72. The van der Waals surface area contributed by atoms with Crippen LogP contribution < -0.4 is 9.47 Å². The summed E-state index contributed by atoms with van der Waals surface area (Å²) in [5.74, 6) is 0.945. The zero-order valence-electron chi connectivity index (χ0n) is 27.4. The smallest absolute Gasteiger partial charge is 0.395 e. The quantitative estimate of drug-likeness (QED) is 0.239. The Bertz CT molecular complexity index is 1240. The first kappa shape index (κ1) is 35.1. The van der Waals surface area contributed by atoms with Crippen LogP contribution in [0.15, 0.2) is 48.5 Å². The van der Waals surface area contributed by atoms with Crippen molar-refractivity contribution in [3.63, 3.8) is 0 Å². The lowest BCUT2D eigenvalue weighted by atomic mass is 9.67. The lowest BCUT2D eigenvalue weighted by Crippen LogP contribution is -2.47. The Hall–Kier alpha value is -2.78. The molecular formula is C36H50F3NO5. The van der Waals surface area contributed by atoms with E-state index in [4.69, 9.17) is 19.3 Å². The Morgan fingerprint density at radius 3 is 2.18 bits per heavy atom. The molecule has 45 heavy (non-hydrogen) atoms. The first-order valence-corrected chi connectivity index (χ1v) is 16.1. The van der Waals surface area contributed by atoms with Gasteiger partial charge in [-0.3, -0.25) is 9.69 Å². The van der Waals surface area contributed by atoms with Gasteiger partial charge in [0.25, 0.3) is 0 Å². The van der Waals surface area contributed by atoms with E-state index in [9.17, 15) is 18.0 Å². The molecule has 0 aromatic heterocycles. The zero-order valence-corrected chi connectivity index (χ0v) is 27.4. The first-order chi connectivity index (χ1) is 21.1. The fourth-order valence-electron chi connectivity index (χ4n) is 7.09. The number of ether oxygens (including phenoxy) is 3. The molecule has 2 aromatic rings. The predicted molar refractivity (Wildman–Crippen MR) is 169 cm³/mol. The van der Waals surface area contributed by atoms with Gasteiger partial charge in [0, 0.05) is 31.5 Å². The molecule has 1 aliphatic carbocycles. The van der Waals surface area contributed by atoms with E-state index in [1.165, 1.54) is 13.8 Å². The lowest BCUT2D eigenvalue weighted by molar-refractivity contribution is -0.217. The summed E-state index contributed by atoms with van der Waals surface area (Å²) >= 11 is 0. The molecule has 2 fully saturated rings. The molecule has 2 aliphatic rings. The van der Waals surface area contributed by atoms with E-state index >= 15 is 0 Å². The molecule has 1 N–H and O–H groups in total. The second-order valence-electron chi connectivity index (χ2n) is 14.4. The summed E-state index contributed by atoms with van der Waals surface area (Å²) < 4.78 is 60.0. The highest BCUT2D eigenvalue weighted by molar-refractivity contribution is 5.67. The van der Waals surface area contributed by atoms with Gasteiger partial charge in [-0.1, -0.05) is 24.3 Å². The molecule has 1 heterocycles. The summed E-state index contributed by atoms with van der Waals surface area (Å²) in [6.45, 7) is 8.08. The molecule has 250 valence electrons. The van der Waals surface area contributed by atoms with Crippen molar-refractivity contribution in [3.8, 4) is 11.5 Å². The molecular weight excluding hydrogens is 583 g/mol. The van der Waals surface area contributed by atoms with Crippen molar-refractivity contribution in [2.24, 2.45) is 11.3 Å². The second-order valence-corrected chi connectivity index (χ2v) is 14.4. The van der Waals surface area contributed by atoms with Gasteiger partial charge in [0.15, 0.2) is 0 Å². The number of aliphatic carboxylic acids is 1. The number of carbonyl (C=O) groups is 1. The summed E-state index contributed by atoms with van der Waals surface area (Å²) in [6.07, 6.45) is 1.48. The van der Waals surface area contributed by atoms with Gasteiger partial charge in [0.05, 0.1) is 24.2 Å². The van der Waals surface area contributed by atoms with Crippen molar-refractivity contribution >= 4 is 5.97 Å². The summed E-state index contributed by atoms with van der Waals surface area (Å²) in [7, 11) is 1.64. The highest BCUT2D eigenvalue weighted by Crippen LogP contribution is 2.45. The minimum absolute atomic E-state index is 0.0443. The maximum absolute atomic E-state index is 14.1. The molecule has 0 radical (unpaired) electrons. The number of halogens is 3.